The molecule has 5 nitrogen and oxygen atoms in total. The number of nitrogens with one attached hydrogen (secondary N) is 2. The number of carbonyl (C=O) groups excluding carboxylic acids is 1. The molecular formula is C16H22N2O3. The van der Waals surface area contributed by atoms with E-state index in [0.29, 0.717) is 5.75 Å². The summed E-state index contributed by atoms with van der Waals surface area (Å²) in [7, 11) is 3.22. The van der Waals surface area contributed by atoms with Gasteiger partial charge in [0.15, 0.2) is 0 Å². The second kappa shape index (κ2) is 7.69. The Balaban J connectivity index is 2.00. The lowest BCUT2D eigenvalue weighted by Gasteiger charge is -2.22. The molecule has 0 saturated carbocycles. The van der Waals surface area contributed by atoms with Gasteiger partial charge in [0.05, 0.1) is 14.2 Å². The second-order valence-electron chi connectivity index (χ2n) is 4.97. The highest BCUT2D eigenvalue weighted by Gasteiger charge is 2.13. The number of hydrogen-bond donors (Lipinski definition) is 2. The summed E-state index contributed by atoms with van der Waals surface area (Å²) in [6.45, 7) is 1.91. The Hall–Kier alpha value is -2.01. The molecule has 1 fully saturated rings. The Morgan fingerprint density at radius 2 is 2.05 bits per heavy atom. The molecule has 0 radical (unpaired) electrons. The maximum absolute atomic E-state index is 11.9. The van der Waals surface area contributed by atoms with Crippen LogP contribution in [0.15, 0.2) is 24.3 Å². The van der Waals surface area contributed by atoms with Gasteiger partial charge in [0, 0.05) is 17.7 Å². The Bertz CT molecular complexity index is 508. The van der Waals surface area contributed by atoms with Crippen LogP contribution in [-0.4, -0.2) is 39.3 Å². The number of methoxy groups -OCH3 is 2. The molecule has 1 aliphatic rings. The highest BCUT2D eigenvalue weighted by atomic mass is 16.5. The largest absolute Gasteiger partial charge is 0.497 e. The first-order valence-corrected chi connectivity index (χ1v) is 7.14. The van der Waals surface area contributed by atoms with Gasteiger partial charge in [-0.2, -0.15) is 0 Å². The number of piperidine rings is 1. The molecule has 21 heavy (non-hydrogen) atoms. The van der Waals surface area contributed by atoms with Crippen molar-refractivity contribution in [1.82, 2.24) is 10.6 Å². The van der Waals surface area contributed by atoms with E-state index in [4.69, 9.17) is 9.47 Å². The number of ether oxygens (including phenoxy) is 2. The van der Waals surface area contributed by atoms with Crippen LogP contribution in [0.5, 0.6) is 11.5 Å². The standard InChI is InChI=1S/C16H22N2O3/c1-20-14-4-5-15(21-2)12(11-14)3-6-16(19)18-13-7-9-17-10-8-13/h3-6,11,13,17H,7-10H2,1-2H3,(H,18,19)/b6-3+. The lowest BCUT2D eigenvalue weighted by molar-refractivity contribution is -0.117. The van der Waals surface area contributed by atoms with Crippen molar-refractivity contribution < 1.29 is 14.3 Å². The molecule has 1 amide bonds. The Labute approximate surface area is 125 Å². The summed E-state index contributed by atoms with van der Waals surface area (Å²) in [5.74, 6) is 1.36. The highest BCUT2D eigenvalue weighted by molar-refractivity contribution is 5.92. The van der Waals surface area contributed by atoms with Crippen LogP contribution < -0.4 is 20.1 Å². The lowest BCUT2D eigenvalue weighted by atomic mass is 10.1. The van der Waals surface area contributed by atoms with Crippen LogP contribution >= 0.6 is 0 Å². The molecule has 1 aromatic rings. The van der Waals surface area contributed by atoms with Crippen LogP contribution in [0.4, 0.5) is 0 Å². The molecule has 1 saturated heterocycles. The van der Waals surface area contributed by atoms with E-state index in [2.05, 4.69) is 10.6 Å². The fourth-order valence-electron chi connectivity index (χ4n) is 2.35. The van der Waals surface area contributed by atoms with Crippen molar-refractivity contribution >= 4 is 12.0 Å². The van der Waals surface area contributed by atoms with E-state index in [9.17, 15) is 4.79 Å². The molecule has 1 aromatic carbocycles. The van der Waals surface area contributed by atoms with Crippen molar-refractivity contribution in [1.29, 1.82) is 0 Å². The summed E-state index contributed by atoms with van der Waals surface area (Å²) >= 11 is 0. The topological polar surface area (TPSA) is 59.6 Å². The van der Waals surface area contributed by atoms with Crippen LogP contribution in [0, 0.1) is 0 Å². The van der Waals surface area contributed by atoms with Crippen molar-refractivity contribution in [2.75, 3.05) is 27.3 Å². The molecule has 5 heteroatoms. The quantitative estimate of drug-likeness (QED) is 0.809. The molecule has 0 atom stereocenters. The number of rotatable bonds is 5. The van der Waals surface area contributed by atoms with Crippen LogP contribution in [0.25, 0.3) is 6.08 Å². The summed E-state index contributed by atoms with van der Waals surface area (Å²) in [5, 5.41) is 6.29. The smallest absolute Gasteiger partial charge is 0.244 e. The van der Waals surface area contributed by atoms with Gasteiger partial charge in [0.25, 0.3) is 0 Å². The van der Waals surface area contributed by atoms with Crippen molar-refractivity contribution in [3.8, 4) is 11.5 Å². The van der Waals surface area contributed by atoms with Gasteiger partial charge in [-0.3, -0.25) is 4.79 Å². The highest BCUT2D eigenvalue weighted by Crippen LogP contribution is 2.24. The maximum Gasteiger partial charge on any atom is 0.244 e. The van der Waals surface area contributed by atoms with Gasteiger partial charge in [-0.1, -0.05) is 0 Å². The lowest BCUT2D eigenvalue weighted by Crippen LogP contribution is -2.42. The van der Waals surface area contributed by atoms with E-state index in [0.717, 1.165) is 37.2 Å². The zero-order valence-electron chi connectivity index (χ0n) is 12.5. The Kier molecular flexibility index (Phi) is 5.63. The first-order chi connectivity index (χ1) is 10.2. The molecule has 2 N–H and O–H groups in total. The zero-order chi connectivity index (χ0) is 15.1. The maximum atomic E-state index is 11.9. The molecule has 1 heterocycles. The fourth-order valence-corrected chi connectivity index (χ4v) is 2.35. The summed E-state index contributed by atoms with van der Waals surface area (Å²) < 4.78 is 10.5. The molecule has 1 aliphatic heterocycles. The summed E-state index contributed by atoms with van der Waals surface area (Å²) in [6.07, 6.45) is 5.24. The van der Waals surface area contributed by atoms with Crippen molar-refractivity contribution in [3.63, 3.8) is 0 Å². The van der Waals surface area contributed by atoms with Crippen LogP contribution in [0.3, 0.4) is 0 Å². The molecule has 0 aromatic heterocycles. The molecule has 2 rings (SSSR count). The van der Waals surface area contributed by atoms with Gasteiger partial charge < -0.3 is 20.1 Å². The number of amides is 1. The molecule has 0 bridgehead atoms. The first kappa shape index (κ1) is 15.4. The van der Waals surface area contributed by atoms with Crippen LogP contribution in [0.1, 0.15) is 18.4 Å². The molecular weight excluding hydrogens is 268 g/mol. The average Bonchev–Trinajstić information content (AvgIpc) is 2.53. The molecule has 0 aliphatic carbocycles. The summed E-state index contributed by atoms with van der Waals surface area (Å²) in [4.78, 5) is 11.9. The van der Waals surface area contributed by atoms with E-state index in [1.807, 2.05) is 18.2 Å². The van der Waals surface area contributed by atoms with Crippen molar-refractivity contribution in [3.05, 3.63) is 29.8 Å². The second-order valence-corrected chi connectivity index (χ2v) is 4.97. The third-order valence-electron chi connectivity index (χ3n) is 3.54. The first-order valence-electron chi connectivity index (χ1n) is 7.14. The van der Waals surface area contributed by atoms with Gasteiger partial charge in [-0.15, -0.1) is 0 Å². The summed E-state index contributed by atoms with van der Waals surface area (Å²) in [6, 6.07) is 5.75. The number of benzene rings is 1. The predicted molar refractivity (Wildman–Crippen MR) is 82.6 cm³/mol. The fraction of sp³-hybridized carbons (Fsp3) is 0.438. The normalized spacial score (nSPS) is 15.9. The third kappa shape index (κ3) is 4.49. The molecule has 114 valence electrons. The van der Waals surface area contributed by atoms with E-state index in [1.165, 1.54) is 0 Å². The van der Waals surface area contributed by atoms with Gasteiger partial charge in [0.2, 0.25) is 5.91 Å². The Morgan fingerprint density at radius 1 is 1.29 bits per heavy atom. The van der Waals surface area contributed by atoms with E-state index < -0.39 is 0 Å². The zero-order valence-corrected chi connectivity index (χ0v) is 12.5. The van der Waals surface area contributed by atoms with Gasteiger partial charge in [-0.25, -0.2) is 0 Å². The average molecular weight is 290 g/mol. The number of carbonyl (C=O) groups is 1. The van der Waals surface area contributed by atoms with Gasteiger partial charge in [-0.05, 0) is 50.2 Å². The molecule has 0 unspecified atom stereocenters. The summed E-state index contributed by atoms with van der Waals surface area (Å²) in [5.41, 5.74) is 0.817. The monoisotopic (exact) mass is 290 g/mol. The number of hydrogen-bond acceptors (Lipinski definition) is 4. The minimum atomic E-state index is -0.0771. The van der Waals surface area contributed by atoms with Crippen LogP contribution in [0.2, 0.25) is 0 Å². The Morgan fingerprint density at radius 3 is 2.71 bits per heavy atom. The SMILES string of the molecule is COc1ccc(OC)c(/C=C/C(=O)NC2CCNCC2)c1. The van der Waals surface area contributed by atoms with Crippen LogP contribution in [-0.2, 0) is 4.79 Å². The van der Waals surface area contributed by atoms with E-state index in [-0.39, 0.29) is 11.9 Å². The van der Waals surface area contributed by atoms with Gasteiger partial charge in [0.1, 0.15) is 11.5 Å². The van der Waals surface area contributed by atoms with Gasteiger partial charge >= 0.3 is 0 Å². The third-order valence-corrected chi connectivity index (χ3v) is 3.54. The van der Waals surface area contributed by atoms with E-state index in [1.54, 1.807) is 26.4 Å². The van der Waals surface area contributed by atoms with Crippen molar-refractivity contribution in [2.24, 2.45) is 0 Å². The minimum absolute atomic E-state index is 0.0771. The predicted octanol–water partition coefficient (Wildman–Crippen LogP) is 1.59. The molecule has 0 spiro atoms. The van der Waals surface area contributed by atoms with Crippen molar-refractivity contribution in [2.45, 2.75) is 18.9 Å². The minimum Gasteiger partial charge on any atom is -0.497 e. The van der Waals surface area contributed by atoms with E-state index >= 15 is 0 Å².